The highest BCUT2D eigenvalue weighted by Gasteiger charge is 2.22. The van der Waals surface area contributed by atoms with Crippen molar-refractivity contribution in [2.45, 2.75) is 18.9 Å². The standard InChI is InChI=1S/C13H25N3O2/c1-4-7-14-13(17)16(9-8-15(2)3)11-12-6-5-10-18-12/h4,12H,1,5-11H2,2-3H3,(H,14,17). The molecule has 1 saturated heterocycles. The molecular formula is C13H25N3O2. The molecule has 1 fully saturated rings. The van der Waals surface area contributed by atoms with E-state index in [-0.39, 0.29) is 12.1 Å². The van der Waals surface area contributed by atoms with Crippen molar-refractivity contribution in [3.63, 3.8) is 0 Å². The third-order valence-corrected chi connectivity index (χ3v) is 2.95. The summed E-state index contributed by atoms with van der Waals surface area (Å²) in [7, 11) is 4.01. The Labute approximate surface area is 110 Å². The number of hydrogen-bond acceptors (Lipinski definition) is 3. The average molecular weight is 255 g/mol. The van der Waals surface area contributed by atoms with Crippen molar-refractivity contribution in [2.75, 3.05) is 46.9 Å². The monoisotopic (exact) mass is 255 g/mol. The number of nitrogens with one attached hydrogen (secondary N) is 1. The summed E-state index contributed by atoms with van der Waals surface area (Å²) in [5, 5.41) is 2.82. The number of likely N-dealkylation sites (N-methyl/N-ethyl adjacent to an activating group) is 1. The Bertz CT molecular complexity index is 263. The van der Waals surface area contributed by atoms with Crippen LogP contribution in [0.1, 0.15) is 12.8 Å². The molecule has 0 aromatic carbocycles. The van der Waals surface area contributed by atoms with E-state index in [0.29, 0.717) is 13.1 Å². The molecule has 2 amide bonds. The Morgan fingerprint density at radius 3 is 2.83 bits per heavy atom. The number of hydrogen-bond donors (Lipinski definition) is 1. The first kappa shape index (κ1) is 15.0. The van der Waals surface area contributed by atoms with E-state index < -0.39 is 0 Å². The molecule has 1 rings (SSSR count). The van der Waals surface area contributed by atoms with Gasteiger partial charge >= 0.3 is 6.03 Å². The van der Waals surface area contributed by atoms with Gasteiger partial charge in [-0.2, -0.15) is 0 Å². The molecule has 1 heterocycles. The van der Waals surface area contributed by atoms with Gasteiger partial charge < -0.3 is 19.9 Å². The van der Waals surface area contributed by atoms with Crippen LogP contribution in [-0.4, -0.2) is 68.8 Å². The average Bonchev–Trinajstić information content (AvgIpc) is 2.84. The zero-order valence-electron chi connectivity index (χ0n) is 11.5. The summed E-state index contributed by atoms with van der Waals surface area (Å²) in [5.74, 6) is 0. The lowest BCUT2D eigenvalue weighted by Crippen LogP contribution is -2.46. The second-order valence-corrected chi connectivity index (χ2v) is 4.86. The van der Waals surface area contributed by atoms with Crippen LogP contribution < -0.4 is 5.32 Å². The third-order valence-electron chi connectivity index (χ3n) is 2.95. The fraction of sp³-hybridized carbons (Fsp3) is 0.769. The number of urea groups is 1. The second-order valence-electron chi connectivity index (χ2n) is 4.86. The number of ether oxygens (including phenoxy) is 1. The Hall–Kier alpha value is -1.07. The van der Waals surface area contributed by atoms with Gasteiger partial charge in [-0.05, 0) is 26.9 Å². The lowest BCUT2D eigenvalue weighted by atomic mass is 10.2. The SMILES string of the molecule is C=CCNC(=O)N(CCN(C)C)CC1CCCO1. The topological polar surface area (TPSA) is 44.8 Å². The van der Waals surface area contributed by atoms with Gasteiger partial charge in [-0.25, -0.2) is 4.79 Å². The molecule has 0 bridgehead atoms. The maximum atomic E-state index is 12.0. The van der Waals surface area contributed by atoms with Crippen LogP contribution in [-0.2, 0) is 4.74 Å². The van der Waals surface area contributed by atoms with Crippen molar-refractivity contribution < 1.29 is 9.53 Å². The molecule has 104 valence electrons. The van der Waals surface area contributed by atoms with Gasteiger partial charge in [0.15, 0.2) is 0 Å². The van der Waals surface area contributed by atoms with E-state index in [9.17, 15) is 4.79 Å². The lowest BCUT2D eigenvalue weighted by molar-refractivity contribution is 0.0798. The molecule has 18 heavy (non-hydrogen) atoms. The van der Waals surface area contributed by atoms with E-state index >= 15 is 0 Å². The minimum atomic E-state index is -0.0350. The first-order chi connectivity index (χ1) is 8.63. The maximum Gasteiger partial charge on any atom is 0.317 e. The molecule has 0 aromatic rings. The van der Waals surface area contributed by atoms with Crippen LogP contribution in [0.3, 0.4) is 0 Å². The van der Waals surface area contributed by atoms with Gasteiger partial charge in [0, 0.05) is 32.8 Å². The highest BCUT2D eigenvalue weighted by molar-refractivity contribution is 5.74. The van der Waals surface area contributed by atoms with Crippen molar-refractivity contribution in [2.24, 2.45) is 0 Å². The van der Waals surface area contributed by atoms with Crippen molar-refractivity contribution in [1.82, 2.24) is 15.1 Å². The Morgan fingerprint density at radius 1 is 1.50 bits per heavy atom. The summed E-state index contributed by atoms with van der Waals surface area (Å²) in [6, 6.07) is -0.0350. The summed E-state index contributed by atoms with van der Waals surface area (Å²) < 4.78 is 5.59. The van der Waals surface area contributed by atoms with Gasteiger partial charge in [0.1, 0.15) is 0 Å². The minimum absolute atomic E-state index is 0.0350. The molecular weight excluding hydrogens is 230 g/mol. The van der Waals surface area contributed by atoms with Crippen molar-refractivity contribution in [3.8, 4) is 0 Å². The van der Waals surface area contributed by atoms with Gasteiger partial charge in [-0.3, -0.25) is 0 Å². The molecule has 1 atom stereocenters. The molecule has 0 aromatic heterocycles. The number of carbonyl (C=O) groups is 1. The number of carbonyl (C=O) groups excluding carboxylic acids is 1. The van der Waals surface area contributed by atoms with Crippen LogP contribution in [0.4, 0.5) is 4.79 Å². The first-order valence-electron chi connectivity index (χ1n) is 6.53. The Morgan fingerprint density at radius 2 is 2.28 bits per heavy atom. The van der Waals surface area contributed by atoms with Crippen molar-refractivity contribution in [3.05, 3.63) is 12.7 Å². The molecule has 1 N–H and O–H groups in total. The van der Waals surface area contributed by atoms with Crippen LogP contribution in [0.25, 0.3) is 0 Å². The van der Waals surface area contributed by atoms with Crippen LogP contribution in [0.5, 0.6) is 0 Å². The van der Waals surface area contributed by atoms with E-state index in [2.05, 4.69) is 16.8 Å². The maximum absolute atomic E-state index is 12.0. The van der Waals surface area contributed by atoms with Crippen LogP contribution in [0.2, 0.25) is 0 Å². The zero-order chi connectivity index (χ0) is 13.4. The van der Waals surface area contributed by atoms with Crippen LogP contribution >= 0.6 is 0 Å². The number of rotatable bonds is 7. The van der Waals surface area contributed by atoms with E-state index in [1.165, 1.54) is 0 Å². The second kappa shape index (κ2) is 8.11. The summed E-state index contributed by atoms with van der Waals surface area (Å²) in [5.41, 5.74) is 0. The van der Waals surface area contributed by atoms with E-state index in [1.807, 2.05) is 19.0 Å². The summed E-state index contributed by atoms with van der Waals surface area (Å²) in [6.45, 7) is 7.18. The van der Waals surface area contributed by atoms with Gasteiger partial charge in [0.2, 0.25) is 0 Å². The largest absolute Gasteiger partial charge is 0.376 e. The first-order valence-corrected chi connectivity index (χ1v) is 6.53. The fourth-order valence-electron chi connectivity index (χ4n) is 1.90. The molecule has 0 saturated carbocycles. The predicted molar refractivity (Wildman–Crippen MR) is 72.7 cm³/mol. The van der Waals surface area contributed by atoms with Crippen LogP contribution in [0, 0.1) is 0 Å². The van der Waals surface area contributed by atoms with Gasteiger partial charge in [0.25, 0.3) is 0 Å². The summed E-state index contributed by atoms with van der Waals surface area (Å²) in [6.07, 6.45) is 4.03. The number of amides is 2. The van der Waals surface area contributed by atoms with Crippen molar-refractivity contribution in [1.29, 1.82) is 0 Å². The van der Waals surface area contributed by atoms with Crippen LogP contribution in [0.15, 0.2) is 12.7 Å². The zero-order valence-corrected chi connectivity index (χ0v) is 11.5. The molecule has 0 spiro atoms. The van der Waals surface area contributed by atoms with Gasteiger partial charge in [0.05, 0.1) is 6.10 Å². The lowest BCUT2D eigenvalue weighted by Gasteiger charge is -2.26. The van der Waals surface area contributed by atoms with Crippen molar-refractivity contribution >= 4 is 6.03 Å². The molecule has 1 unspecified atom stereocenters. The van der Waals surface area contributed by atoms with E-state index in [1.54, 1.807) is 6.08 Å². The van der Waals surface area contributed by atoms with E-state index in [4.69, 9.17) is 4.74 Å². The molecule has 1 aliphatic rings. The molecule has 0 aliphatic carbocycles. The molecule has 5 nitrogen and oxygen atoms in total. The fourth-order valence-corrected chi connectivity index (χ4v) is 1.90. The molecule has 0 radical (unpaired) electrons. The molecule has 1 aliphatic heterocycles. The summed E-state index contributed by atoms with van der Waals surface area (Å²) in [4.78, 5) is 15.9. The quantitative estimate of drug-likeness (QED) is 0.688. The predicted octanol–water partition coefficient (Wildman–Crippen LogP) is 0.925. The number of nitrogens with zero attached hydrogens (tertiary/aromatic N) is 2. The van der Waals surface area contributed by atoms with Gasteiger partial charge in [-0.15, -0.1) is 6.58 Å². The molecule has 5 heteroatoms. The highest BCUT2D eigenvalue weighted by atomic mass is 16.5. The minimum Gasteiger partial charge on any atom is -0.376 e. The van der Waals surface area contributed by atoms with Gasteiger partial charge in [-0.1, -0.05) is 6.08 Å². The normalized spacial score (nSPS) is 18.9. The van der Waals surface area contributed by atoms with E-state index in [0.717, 1.165) is 32.5 Å². The highest BCUT2D eigenvalue weighted by Crippen LogP contribution is 2.13. The summed E-state index contributed by atoms with van der Waals surface area (Å²) >= 11 is 0. The third kappa shape index (κ3) is 5.51. The Kier molecular flexibility index (Phi) is 6.75. The Balaban J connectivity index is 2.43. The smallest absolute Gasteiger partial charge is 0.317 e.